The third kappa shape index (κ3) is 4.71. The Balaban J connectivity index is 1.29. The normalized spacial score (nSPS) is 19.7. The zero-order valence-electron chi connectivity index (χ0n) is 17.1. The fraction of sp³-hybridized carbons (Fsp3) is 0.591. The summed E-state index contributed by atoms with van der Waals surface area (Å²) in [7, 11) is 0. The molecule has 0 aromatic heterocycles. The van der Waals surface area contributed by atoms with Gasteiger partial charge in [0.1, 0.15) is 12.3 Å². The van der Waals surface area contributed by atoms with Crippen LogP contribution in [-0.4, -0.2) is 41.9 Å². The molecule has 2 N–H and O–H groups in total. The average molecular weight is 399 g/mol. The largest absolute Gasteiger partial charge is 0.494 e. The van der Waals surface area contributed by atoms with Crippen molar-refractivity contribution in [3.63, 3.8) is 0 Å². The number of carbonyl (C=O) groups is 2. The van der Waals surface area contributed by atoms with Gasteiger partial charge in [-0.25, -0.2) is 4.99 Å². The molecule has 29 heavy (non-hydrogen) atoms. The molecule has 4 rings (SSSR count). The average Bonchev–Trinajstić information content (AvgIpc) is 3.08. The number of benzene rings is 1. The lowest BCUT2D eigenvalue weighted by Crippen LogP contribution is -2.40. The third-order valence-electron chi connectivity index (χ3n) is 6.07. The lowest BCUT2D eigenvalue weighted by atomic mass is 9.94. The standard InChI is InChI=1S/C22H30N4O3/c1-2-15(21(28)23-17-6-4-3-5-7-17)10-11-29-18-8-9-19-16(12-18)13-26-14-20(27)25-22(26)24-19/h8-9,12,15,17H,2-7,10-11,13-14H2,1H3,(H,23,28)(H,24,25,27). The summed E-state index contributed by atoms with van der Waals surface area (Å²) in [6, 6.07) is 6.16. The summed E-state index contributed by atoms with van der Waals surface area (Å²) in [4.78, 5) is 30.6. The fourth-order valence-electron chi connectivity index (χ4n) is 4.33. The number of aliphatic imine (C=N–C) groups is 1. The molecule has 0 bridgehead atoms. The Hall–Kier alpha value is -2.57. The molecule has 0 spiro atoms. The minimum Gasteiger partial charge on any atom is -0.494 e. The Morgan fingerprint density at radius 2 is 2.14 bits per heavy atom. The van der Waals surface area contributed by atoms with Crippen LogP contribution in [0.25, 0.3) is 0 Å². The fourth-order valence-corrected chi connectivity index (χ4v) is 4.33. The summed E-state index contributed by atoms with van der Waals surface area (Å²) in [5.41, 5.74) is 1.91. The Morgan fingerprint density at radius 1 is 1.31 bits per heavy atom. The van der Waals surface area contributed by atoms with Gasteiger partial charge in [0.25, 0.3) is 0 Å². The maximum Gasteiger partial charge on any atom is 0.246 e. The van der Waals surface area contributed by atoms with Crippen molar-refractivity contribution in [1.29, 1.82) is 0 Å². The number of nitrogens with one attached hydrogen (secondary N) is 2. The van der Waals surface area contributed by atoms with Crippen molar-refractivity contribution in [3.8, 4) is 5.75 Å². The molecule has 1 atom stereocenters. The Labute approximate surface area is 171 Å². The minimum absolute atomic E-state index is 0.0107. The highest BCUT2D eigenvalue weighted by molar-refractivity contribution is 6.05. The topological polar surface area (TPSA) is 83.0 Å². The van der Waals surface area contributed by atoms with E-state index in [-0.39, 0.29) is 17.7 Å². The first-order valence-corrected chi connectivity index (χ1v) is 10.8. The van der Waals surface area contributed by atoms with E-state index in [0.29, 0.717) is 38.1 Å². The number of carbonyl (C=O) groups excluding carboxylic acids is 2. The molecule has 7 nitrogen and oxygen atoms in total. The number of hydrogen-bond acceptors (Lipinski definition) is 5. The van der Waals surface area contributed by atoms with Crippen molar-refractivity contribution < 1.29 is 14.3 Å². The molecule has 1 unspecified atom stereocenters. The molecule has 1 saturated carbocycles. The van der Waals surface area contributed by atoms with Crippen LogP contribution in [0.2, 0.25) is 0 Å². The van der Waals surface area contributed by atoms with E-state index >= 15 is 0 Å². The van der Waals surface area contributed by atoms with Crippen LogP contribution in [0.1, 0.15) is 57.4 Å². The van der Waals surface area contributed by atoms with Gasteiger partial charge in [-0.15, -0.1) is 0 Å². The van der Waals surface area contributed by atoms with Gasteiger partial charge < -0.3 is 15.0 Å². The van der Waals surface area contributed by atoms with Crippen LogP contribution < -0.4 is 15.4 Å². The van der Waals surface area contributed by atoms with E-state index < -0.39 is 0 Å². The number of amides is 2. The van der Waals surface area contributed by atoms with Gasteiger partial charge in [0.05, 0.1) is 12.3 Å². The lowest BCUT2D eigenvalue weighted by molar-refractivity contribution is -0.126. The van der Waals surface area contributed by atoms with E-state index in [9.17, 15) is 9.59 Å². The van der Waals surface area contributed by atoms with Gasteiger partial charge in [-0.2, -0.15) is 0 Å². The molecule has 2 heterocycles. The van der Waals surface area contributed by atoms with Crippen LogP contribution in [-0.2, 0) is 16.1 Å². The van der Waals surface area contributed by atoms with Crippen LogP contribution in [0.3, 0.4) is 0 Å². The Morgan fingerprint density at radius 3 is 2.93 bits per heavy atom. The molecule has 1 aromatic rings. The van der Waals surface area contributed by atoms with Gasteiger partial charge in [0, 0.05) is 24.1 Å². The predicted octanol–water partition coefficient (Wildman–Crippen LogP) is 2.86. The molecule has 2 aliphatic heterocycles. The van der Waals surface area contributed by atoms with Crippen LogP contribution >= 0.6 is 0 Å². The number of ether oxygens (including phenoxy) is 1. The molecule has 1 aliphatic carbocycles. The maximum atomic E-state index is 12.6. The number of nitrogens with zero attached hydrogens (tertiary/aromatic N) is 2. The van der Waals surface area contributed by atoms with Crippen LogP contribution in [0.5, 0.6) is 5.75 Å². The van der Waals surface area contributed by atoms with Gasteiger partial charge in [-0.1, -0.05) is 26.2 Å². The van der Waals surface area contributed by atoms with Crippen molar-refractivity contribution in [1.82, 2.24) is 15.5 Å². The molecular weight excluding hydrogens is 368 g/mol. The van der Waals surface area contributed by atoms with E-state index in [2.05, 4.69) is 22.5 Å². The van der Waals surface area contributed by atoms with Gasteiger partial charge in [-0.05, 0) is 43.9 Å². The maximum absolute atomic E-state index is 12.6. The van der Waals surface area contributed by atoms with Crippen molar-refractivity contribution in [2.45, 2.75) is 64.5 Å². The number of hydrogen-bond donors (Lipinski definition) is 2. The van der Waals surface area contributed by atoms with Gasteiger partial charge >= 0.3 is 0 Å². The third-order valence-corrected chi connectivity index (χ3v) is 6.07. The van der Waals surface area contributed by atoms with Crippen LogP contribution in [0.4, 0.5) is 5.69 Å². The first kappa shape index (κ1) is 19.7. The molecule has 1 aromatic carbocycles. The Bertz CT molecular complexity index is 801. The van der Waals surface area contributed by atoms with Crippen LogP contribution in [0, 0.1) is 5.92 Å². The van der Waals surface area contributed by atoms with Crippen molar-refractivity contribution in [2.75, 3.05) is 13.2 Å². The molecule has 3 aliphatic rings. The first-order chi connectivity index (χ1) is 14.1. The molecule has 7 heteroatoms. The Kier molecular flexibility index (Phi) is 6.02. The van der Waals surface area contributed by atoms with Gasteiger partial charge in [-0.3, -0.25) is 14.9 Å². The van der Waals surface area contributed by atoms with Crippen molar-refractivity contribution >= 4 is 23.5 Å². The first-order valence-electron chi connectivity index (χ1n) is 10.8. The predicted molar refractivity (Wildman–Crippen MR) is 111 cm³/mol. The van der Waals surface area contributed by atoms with Gasteiger partial charge in [0.2, 0.25) is 17.8 Å². The zero-order valence-corrected chi connectivity index (χ0v) is 17.1. The summed E-state index contributed by atoms with van der Waals surface area (Å²) >= 11 is 0. The molecule has 1 saturated heterocycles. The molecule has 2 fully saturated rings. The van der Waals surface area contributed by atoms with Gasteiger partial charge in [0.15, 0.2) is 0 Å². The zero-order chi connectivity index (χ0) is 20.2. The number of guanidine groups is 1. The molecule has 0 radical (unpaired) electrons. The summed E-state index contributed by atoms with van der Waals surface area (Å²) in [5.74, 6) is 1.55. The van der Waals surface area contributed by atoms with E-state index in [1.54, 1.807) is 0 Å². The summed E-state index contributed by atoms with van der Waals surface area (Å²) in [6.45, 7) is 3.56. The van der Waals surface area contributed by atoms with E-state index in [1.165, 1.54) is 19.3 Å². The molecule has 156 valence electrons. The van der Waals surface area contributed by atoms with E-state index in [0.717, 1.165) is 36.3 Å². The second kappa shape index (κ2) is 8.84. The van der Waals surface area contributed by atoms with E-state index in [1.807, 2.05) is 23.1 Å². The highest BCUT2D eigenvalue weighted by atomic mass is 16.5. The van der Waals surface area contributed by atoms with Crippen LogP contribution in [0.15, 0.2) is 23.2 Å². The minimum atomic E-state index is -0.0230. The highest BCUT2D eigenvalue weighted by Crippen LogP contribution is 2.30. The summed E-state index contributed by atoms with van der Waals surface area (Å²) < 4.78 is 5.95. The smallest absolute Gasteiger partial charge is 0.246 e. The monoisotopic (exact) mass is 398 g/mol. The second-order valence-corrected chi connectivity index (χ2v) is 8.22. The molecular formula is C22H30N4O3. The van der Waals surface area contributed by atoms with E-state index in [4.69, 9.17) is 4.74 Å². The summed E-state index contributed by atoms with van der Waals surface area (Å²) in [5, 5.41) is 6.01. The lowest BCUT2D eigenvalue weighted by Gasteiger charge is -2.25. The SMILES string of the molecule is CCC(CCOc1ccc2c(c1)CN1CC(=O)NC1=N2)C(=O)NC1CCCCC1. The number of rotatable bonds is 7. The molecule has 2 amide bonds. The van der Waals surface area contributed by atoms with Crippen molar-refractivity contribution in [2.24, 2.45) is 10.9 Å². The van der Waals surface area contributed by atoms with Crippen molar-refractivity contribution in [3.05, 3.63) is 23.8 Å². The number of fused-ring (bicyclic) bond motifs is 2. The second-order valence-electron chi connectivity index (χ2n) is 8.22. The quantitative estimate of drug-likeness (QED) is 0.740. The highest BCUT2D eigenvalue weighted by Gasteiger charge is 2.29. The summed E-state index contributed by atoms with van der Waals surface area (Å²) in [6.07, 6.45) is 7.47.